The quantitative estimate of drug-likeness (QED) is 0.428. The Balaban J connectivity index is 0.000000162. The molecular formula is C30H40NSiTi. The van der Waals surface area contributed by atoms with Crippen molar-refractivity contribution in [3.8, 4) is 11.1 Å². The fourth-order valence-electron chi connectivity index (χ4n) is 7.06. The largest absolute Gasteiger partial charge is 0.0622 e. The van der Waals surface area contributed by atoms with Gasteiger partial charge in [-0.3, -0.25) is 0 Å². The first-order valence-electron chi connectivity index (χ1n) is 13.0. The molecule has 0 aliphatic heterocycles. The maximum absolute atomic E-state index is 4.43. The van der Waals surface area contributed by atoms with Crippen LogP contribution in [0.15, 0.2) is 81.3 Å². The van der Waals surface area contributed by atoms with Gasteiger partial charge in [0.1, 0.15) is 0 Å². The van der Waals surface area contributed by atoms with E-state index < -0.39 is 24.0 Å². The number of nitrogens with one attached hydrogen (secondary N) is 1. The van der Waals surface area contributed by atoms with Crippen molar-refractivity contribution in [3.63, 3.8) is 0 Å². The van der Waals surface area contributed by atoms with Gasteiger partial charge in [-0.25, -0.2) is 0 Å². The van der Waals surface area contributed by atoms with Gasteiger partial charge < -0.3 is 0 Å². The van der Waals surface area contributed by atoms with Gasteiger partial charge in [0.15, 0.2) is 0 Å². The topological polar surface area (TPSA) is 12.0 Å². The molecule has 0 aromatic heterocycles. The van der Waals surface area contributed by atoms with Crippen LogP contribution in [0.3, 0.4) is 0 Å². The Morgan fingerprint density at radius 1 is 0.758 bits per heavy atom. The smallest absolute Gasteiger partial charge is 0.0184 e. The minimum atomic E-state index is -1.25. The van der Waals surface area contributed by atoms with Crippen LogP contribution in [-0.4, -0.2) is 12.2 Å². The summed E-state index contributed by atoms with van der Waals surface area (Å²) in [5, 5.41) is 0. The Bertz CT molecular complexity index is 1000. The molecule has 1 nitrogen and oxygen atoms in total. The van der Waals surface area contributed by atoms with Crippen molar-refractivity contribution in [2.24, 2.45) is 23.7 Å². The Kier molecular flexibility index (Phi) is 6.50. The molecule has 1 unspecified atom stereocenters. The molecule has 4 fully saturated rings. The molecule has 2 aromatic carbocycles. The third-order valence-electron chi connectivity index (χ3n) is 9.18. The molecule has 5 aliphatic carbocycles. The van der Waals surface area contributed by atoms with Gasteiger partial charge in [0.05, 0.1) is 0 Å². The van der Waals surface area contributed by atoms with E-state index in [1.807, 2.05) is 16.0 Å². The Labute approximate surface area is 208 Å². The van der Waals surface area contributed by atoms with Crippen LogP contribution in [0.2, 0.25) is 13.1 Å². The SMILES string of the molecule is CC1=C(C)C(C)[C]([Ti]([NH]C23CC4C(C2)C4C3)[SiH](C)C)=C1C.c1ccc(-c2ccccc2)cc1. The summed E-state index contributed by atoms with van der Waals surface area (Å²) in [5.41, 5.74) is 8.11. The average Bonchev–Trinajstić information content (AvgIpc) is 3.24. The third kappa shape index (κ3) is 4.33. The molecule has 0 radical (unpaired) electrons. The second kappa shape index (κ2) is 9.11. The molecule has 0 heterocycles. The van der Waals surface area contributed by atoms with Crippen molar-refractivity contribution in [1.82, 2.24) is 3.80 Å². The number of benzene rings is 2. The predicted molar refractivity (Wildman–Crippen MR) is 141 cm³/mol. The number of rotatable bonds is 5. The van der Waals surface area contributed by atoms with E-state index in [1.54, 1.807) is 16.7 Å². The maximum Gasteiger partial charge on any atom is -0.0184 e. The van der Waals surface area contributed by atoms with Gasteiger partial charge in [-0.2, -0.15) is 0 Å². The van der Waals surface area contributed by atoms with E-state index in [9.17, 15) is 0 Å². The zero-order valence-corrected chi connectivity index (χ0v) is 24.0. The minimum Gasteiger partial charge on any atom is -0.0622 e. The first-order chi connectivity index (χ1) is 15.8. The second-order valence-corrected chi connectivity index (χ2v) is 24.0. The van der Waals surface area contributed by atoms with Crippen LogP contribution < -0.4 is 3.80 Å². The van der Waals surface area contributed by atoms with Crippen LogP contribution in [0.25, 0.3) is 11.1 Å². The van der Waals surface area contributed by atoms with Crippen molar-refractivity contribution in [2.75, 3.05) is 0 Å². The molecule has 0 saturated heterocycles. The van der Waals surface area contributed by atoms with Crippen molar-refractivity contribution in [2.45, 2.75) is 65.6 Å². The normalized spacial score (nSPS) is 31.2. The molecule has 173 valence electrons. The molecule has 1 N–H and O–H groups in total. The van der Waals surface area contributed by atoms with Gasteiger partial charge in [-0.1, -0.05) is 60.7 Å². The van der Waals surface area contributed by atoms with Crippen LogP contribution in [0.1, 0.15) is 47.0 Å². The Morgan fingerprint density at radius 2 is 1.21 bits per heavy atom. The predicted octanol–water partition coefficient (Wildman–Crippen LogP) is 7.50. The summed E-state index contributed by atoms with van der Waals surface area (Å²) in [6, 6.07) is 20.8. The molecule has 7 rings (SSSR count). The molecule has 0 amide bonds. The zero-order chi connectivity index (χ0) is 23.3. The summed E-state index contributed by atoms with van der Waals surface area (Å²) in [6.07, 6.45) is 4.60. The van der Waals surface area contributed by atoms with Crippen LogP contribution in [-0.2, 0) is 17.4 Å². The molecule has 0 spiro atoms. The van der Waals surface area contributed by atoms with E-state index in [0.717, 1.165) is 23.7 Å². The number of hydrogen-bond donors (Lipinski definition) is 1. The molecule has 5 aliphatic rings. The van der Waals surface area contributed by atoms with Crippen molar-refractivity contribution < 1.29 is 17.4 Å². The van der Waals surface area contributed by atoms with Crippen molar-refractivity contribution >= 4 is 6.66 Å². The molecule has 33 heavy (non-hydrogen) atoms. The van der Waals surface area contributed by atoms with Gasteiger partial charge >= 0.3 is 138 Å². The van der Waals surface area contributed by atoms with Crippen LogP contribution in [0, 0.1) is 23.7 Å². The van der Waals surface area contributed by atoms with Gasteiger partial charge in [-0.15, -0.1) is 0 Å². The third-order valence-corrected chi connectivity index (χ3v) is 21.0. The van der Waals surface area contributed by atoms with Gasteiger partial charge in [0.25, 0.3) is 0 Å². The second-order valence-electron chi connectivity index (χ2n) is 11.4. The minimum absolute atomic E-state index is 0.585. The summed E-state index contributed by atoms with van der Waals surface area (Å²) in [7, 11) is 0. The molecule has 4 bridgehead atoms. The first-order valence-corrected chi connectivity index (χ1v) is 20.1. The zero-order valence-electron chi connectivity index (χ0n) is 21.3. The first kappa shape index (κ1) is 23.5. The average molecular weight is 491 g/mol. The van der Waals surface area contributed by atoms with Crippen LogP contribution in [0.5, 0.6) is 0 Å². The molecule has 1 atom stereocenters. The van der Waals surface area contributed by atoms with Crippen molar-refractivity contribution in [1.29, 1.82) is 0 Å². The Morgan fingerprint density at radius 3 is 1.58 bits per heavy atom. The Hall–Kier alpha value is -1.19. The summed E-state index contributed by atoms with van der Waals surface area (Å²) in [6.45, 7) is 14.3. The van der Waals surface area contributed by atoms with Crippen LogP contribution >= 0.6 is 0 Å². The molecular weight excluding hydrogens is 450 g/mol. The maximum atomic E-state index is 4.43. The molecule has 3 heteroatoms. The monoisotopic (exact) mass is 490 g/mol. The summed E-state index contributed by atoms with van der Waals surface area (Å²) >= 11 is -1.25. The van der Waals surface area contributed by atoms with Gasteiger partial charge in [0, 0.05) is 0 Å². The van der Waals surface area contributed by atoms with E-state index in [4.69, 9.17) is 0 Å². The summed E-state index contributed by atoms with van der Waals surface area (Å²) in [5.74, 6) is 4.17. The van der Waals surface area contributed by atoms with Gasteiger partial charge in [0.2, 0.25) is 0 Å². The van der Waals surface area contributed by atoms with Crippen LogP contribution in [0.4, 0.5) is 0 Å². The van der Waals surface area contributed by atoms with E-state index in [0.29, 0.717) is 5.54 Å². The van der Waals surface area contributed by atoms with E-state index >= 15 is 0 Å². The number of hydrogen-bond acceptors (Lipinski definition) is 1. The van der Waals surface area contributed by atoms with Crippen molar-refractivity contribution in [3.05, 3.63) is 81.3 Å². The van der Waals surface area contributed by atoms with Gasteiger partial charge in [-0.05, 0) is 11.1 Å². The summed E-state index contributed by atoms with van der Waals surface area (Å²) < 4.78 is 6.35. The van der Waals surface area contributed by atoms with E-state index in [-0.39, 0.29) is 0 Å². The fourth-order valence-corrected chi connectivity index (χ4v) is 19.0. The summed E-state index contributed by atoms with van der Waals surface area (Å²) in [4.78, 5) is 0. The molecule has 4 saturated carbocycles. The fraction of sp³-hybridized carbons (Fsp3) is 0.467. The standard InChI is InChI=1S/C12H10.C9H13.C7H10N.C2H7Si.Ti/c1-3-7-11(8-4-1)12-9-5-2-6-10-12;1-6-5-7(2)9(4)8(6)3;8-7-1-4-5(2-7)6(4)3-7;1-3-2;/h1-10H;6H,1-4H3;4-6,8H,1-3H2;3H,1-2H3;/q;;-1;;+1. The molecule has 2 aromatic rings. The van der Waals surface area contributed by atoms with E-state index in [1.165, 1.54) is 30.4 Å². The van der Waals surface area contributed by atoms with E-state index in [2.05, 4.69) is 93.1 Å². The number of allylic oxidation sites excluding steroid dienone is 4.